The first-order valence-electron chi connectivity index (χ1n) is 7.35. The fourth-order valence-electron chi connectivity index (χ4n) is 2.57. The van der Waals surface area contributed by atoms with E-state index in [2.05, 4.69) is 10.3 Å². The van der Waals surface area contributed by atoms with E-state index in [0.717, 1.165) is 16.5 Å². The molecule has 0 fully saturated rings. The number of hydrogen-bond acceptors (Lipinski definition) is 2. The van der Waals surface area contributed by atoms with Gasteiger partial charge in [-0.3, -0.25) is 9.59 Å². The largest absolute Gasteiger partial charge is 0.368 e. The van der Waals surface area contributed by atoms with E-state index in [1.165, 1.54) is 0 Å². The van der Waals surface area contributed by atoms with Crippen LogP contribution in [0.5, 0.6) is 0 Å². The van der Waals surface area contributed by atoms with Gasteiger partial charge in [-0.2, -0.15) is 0 Å². The van der Waals surface area contributed by atoms with Gasteiger partial charge in [0.15, 0.2) is 0 Å². The molecule has 1 unspecified atom stereocenters. The summed E-state index contributed by atoms with van der Waals surface area (Å²) >= 11 is 0. The minimum Gasteiger partial charge on any atom is -0.368 e. The molecule has 0 radical (unpaired) electrons. The third kappa shape index (κ3) is 3.23. The van der Waals surface area contributed by atoms with Gasteiger partial charge in [-0.1, -0.05) is 36.4 Å². The van der Waals surface area contributed by atoms with Crippen LogP contribution < -0.4 is 11.1 Å². The topological polar surface area (TPSA) is 88.0 Å². The number of hydrogen-bond donors (Lipinski definition) is 3. The van der Waals surface area contributed by atoms with Crippen molar-refractivity contribution >= 4 is 22.7 Å². The molecule has 1 aromatic heterocycles. The Balaban J connectivity index is 1.80. The van der Waals surface area contributed by atoms with Crippen LogP contribution in [0, 0.1) is 0 Å². The lowest BCUT2D eigenvalue weighted by atomic mass is 10.0. The summed E-state index contributed by atoms with van der Waals surface area (Å²) in [5.74, 6) is -0.867. The Hall–Kier alpha value is -3.08. The molecule has 0 saturated carbocycles. The number of para-hydroxylation sites is 1. The lowest BCUT2D eigenvalue weighted by molar-refractivity contribution is -0.119. The predicted octanol–water partition coefficient (Wildman–Crippen LogP) is 1.99. The number of rotatable bonds is 5. The number of primary amides is 1. The van der Waals surface area contributed by atoms with Gasteiger partial charge in [-0.15, -0.1) is 0 Å². The number of nitrogens with one attached hydrogen (secondary N) is 2. The Labute approximate surface area is 133 Å². The van der Waals surface area contributed by atoms with Gasteiger partial charge >= 0.3 is 0 Å². The molecule has 4 N–H and O–H groups in total. The maximum atomic E-state index is 12.2. The normalized spacial score (nSPS) is 12.0. The maximum Gasteiger partial charge on any atom is 0.251 e. The third-order valence-electron chi connectivity index (χ3n) is 3.78. The van der Waals surface area contributed by atoms with Crippen molar-refractivity contribution in [2.75, 3.05) is 0 Å². The number of H-pyrrole nitrogens is 1. The number of benzene rings is 2. The highest BCUT2D eigenvalue weighted by atomic mass is 16.2. The second-order valence-electron chi connectivity index (χ2n) is 5.36. The molecular formula is C18H17N3O2. The second-order valence-corrected chi connectivity index (χ2v) is 5.36. The van der Waals surface area contributed by atoms with Crippen molar-refractivity contribution in [3.63, 3.8) is 0 Å². The van der Waals surface area contributed by atoms with Crippen LogP contribution >= 0.6 is 0 Å². The monoisotopic (exact) mass is 307 g/mol. The smallest absolute Gasteiger partial charge is 0.251 e. The highest BCUT2D eigenvalue weighted by molar-refractivity contribution is 5.97. The molecule has 0 spiro atoms. The molecule has 0 aliphatic rings. The number of carbonyl (C=O) groups excluding carboxylic acids is 2. The van der Waals surface area contributed by atoms with Crippen molar-refractivity contribution in [3.8, 4) is 0 Å². The van der Waals surface area contributed by atoms with Crippen LogP contribution in [-0.4, -0.2) is 22.8 Å². The van der Waals surface area contributed by atoms with Crippen molar-refractivity contribution in [1.29, 1.82) is 0 Å². The molecule has 0 aliphatic heterocycles. The van der Waals surface area contributed by atoms with Gasteiger partial charge in [0.2, 0.25) is 5.91 Å². The van der Waals surface area contributed by atoms with Crippen LogP contribution in [0.25, 0.3) is 10.9 Å². The van der Waals surface area contributed by atoms with E-state index in [4.69, 9.17) is 5.73 Å². The molecule has 116 valence electrons. The van der Waals surface area contributed by atoms with Crippen molar-refractivity contribution in [2.24, 2.45) is 5.73 Å². The van der Waals surface area contributed by atoms with Crippen LogP contribution in [0.15, 0.2) is 60.8 Å². The minimum atomic E-state index is -0.762. The predicted molar refractivity (Wildman–Crippen MR) is 88.9 cm³/mol. The number of aromatic nitrogens is 1. The van der Waals surface area contributed by atoms with Gasteiger partial charge in [-0.25, -0.2) is 0 Å². The van der Waals surface area contributed by atoms with E-state index in [1.807, 2.05) is 36.5 Å². The van der Waals surface area contributed by atoms with Gasteiger partial charge in [0.1, 0.15) is 6.04 Å². The minimum absolute atomic E-state index is 0.311. The van der Waals surface area contributed by atoms with Gasteiger partial charge in [0, 0.05) is 29.1 Å². The molecule has 5 nitrogen and oxygen atoms in total. The van der Waals surface area contributed by atoms with Crippen LogP contribution in [0.4, 0.5) is 0 Å². The molecule has 3 rings (SSSR count). The number of amides is 2. The van der Waals surface area contributed by atoms with E-state index in [1.54, 1.807) is 24.3 Å². The Bertz CT molecular complexity index is 840. The summed E-state index contributed by atoms with van der Waals surface area (Å²) in [5.41, 5.74) is 7.89. The van der Waals surface area contributed by atoms with E-state index in [0.29, 0.717) is 12.0 Å². The highest BCUT2D eigenvalue weighted by Gasteiger charge is 2.20. The fourth-order valence-corrected chi connectivity index (χ4v) is 2.57. The fraction of sp³-hybridized carbons (Fsp3) is 0.111. The first kappa shape index (κ1) is 14.8. The zero-order valence-corrected chi connectivity index (χ0v) is 12.5. The molecule has 3 aromatic rings. The summed E-state index contributed by atoms with van der Waals surface area (Å²) in [7, 11) is 0. The summed E-state index contributed by atoms with van der Waals surface area (Å²) < 4.78 is 0. The lowest BCUT2D eigenvalue weighted by Gasteiger charge is -2.15. The Morgan fingerprint density at radius 3 is 2.48 bits per heavy atom. The molecule has 1 heterocycles. The number of fused-ring (bicyclic) bond motifs is 1. The van der Waals surface area contributed by atoms with Gasteiger partial charge < -0.3 is 16.0 Å². The number of aromatic amines is 1. The van der Waals surface area contributed by atoms with Crippen molar-refractivity contribution < 1.29 is 9.59 Å². The Morgan fingerprint density at radius 1 is 1.04 bits per heavy atom. The molecule has 23 heavy (non-hydrogen) atoms. The first-order chi connectivity index (χ1) is 11.1. The molecule has 0 saturated heterocycles. The zero-order valence-electron chi connectivity index (χ0n) is 12.5. The van der Waals surface area contributed by atoms with E-state index >= 15 is 0 Å². The number of nitrogens with two attached hydrogens (primary N) is 1. The summed E-state index contributed by atoms with van der Waals surface area (Å²) in [4.78, 5) is 27.1. The lowest BCUT2D eigenvalue weighted by Crippen LogP contribution is -2.45. The molecule has 2 amide bonds. The van der Waals surface area contributed by atoms with Crippen LogP contribution in [0.2, 0.25) is 0 Å². The van der Waals surface area contributed by atoms with Gasteiger partial charge in [0.25, 0.3) is 5.91 Å². The van der Waals surface area contributed by atoms with Crippen molar-refractivity contribution in [1.82, 2.24) is 10.3 Å². The standard InChI is InChI=1S/C18H17N3O2/c19-17(22)16(21-18(23)12-6-2-1-3-7-12)10-13-11-20-15-9-5-4-8-14(13)15/h1-9,11,16,20H,10H2,(H2,19,22)(H,21,23). The molecule has 1 atom stereocenters. The first-order valence-corrected chi connectivity index (χ1v) is 7.35. The number of carbonyl (C=O) groups is 2. The SMILES string of the molecule is NC(=O)C(Cc1c[nH]c2ccccc12)NC(=O)c1ccccc1. The summed E-state index contributed by atoms with van der Waals surface area (Å²) in [6.45, 7) is 0. The van der Waals surface area contributed by atoms with Crippen molar-refractivity contribution in [3.05, 3.63) is 71.9 Å². The second kappa shape index (κ2) is 6.36. The molecule has 0 aliphatic carbocycles. The summed E-state index contributed by atoms with van der Waals surface area (Å²) in [6.07, 6.45) is 2.19. The average Bonchev–Trinajstić information content (AvgIpc) is 2.98. The molecule has 0 bridgehead atoms. The third-order valence-corrected chi connectivity index (χ3v) is 3.78. The zero-order chi connectivity index (χ0) is 16.2. The summed E-state index contributed by atoms with van der Waals surface area (Å²) in [5, 5.41) is 3.73. The van der Waals surface area contributed by atoms with E-state index < -0.39 is 11.9 Å². The maximum absolute atomic E-state index is 12.2. The Kier molecular flexibility index (Phi) is 4.10. The van der Waals surface area contributed by atoms with Crippen molar-refractivity contribution in [2.45, 2.75) is 12.5 Å². The van der Waals surface area contributed by atoms with Crippen LogP contribution in [-0.2, 0) is 11.2 Å². The van der Waals surface area contributed by atoms with E-state index in [-0.39, 0.29) is 5.91 Å². The molecular weight excluding hydrogens is 290 g/mol. The van der Waals surface area contributed by atoms with Crippen LogP contribution in [0.3, 0.4) is 0 Å². The molecule has 2 aromatic carbocycles. The summed E-state index contributed by atoms with van der Waals surface area (Å²) in [6, 6.07) is 15.8. The van der Waals surface area contributed by atoms with Gasteiger partial charge in [-0.05, 0) is 23.8 Å². The highest BCUT2D eigenvalue weighted by Crippen LogP contribution is 2.19. The Morgan fingerprint density at radius 2 is 1.74 bits per heavy atom. The molecule has 5 heteroatoms. The quantitative estimate of drug-likeness (QED) is 0.673. The average molecular weight is 307 g/mol. The van der Waals surface area contributed by atoms with E-state index in [9.17, 15) is 9.59 Å². The van der Waals surface area contributed by atoms with Crippen LogP contribution in [0.1, 0.15) is 15.9 Å². The van der Waals surface area contributed by atoms with Gasteiger partial charge in [0.05, 0.1) is 0 Å².